The molecule has 6 heteroatoms. The SMILES string of the molecule is CC(C)(C)C1CC(N2CCN(C3CCCCN3Cc3ccccc3)CC2)CCC1(O)NC=O. The Hall–Kier alpha value is -1.47. The number of hydrogen-bond donors (Lipinski definition) is 2. The summed E-state index contributed by atoms with van der Waals surface area (Å²) in [6, 6.07) is 11.4. The molecule has 1 aliphatic carbocycles. The largest absolute Gasteiger partial charge is 0.371 e. The molecule has 2 saturated heterocycles. The molecule has 1 aromatic carbocycles. The van der Waals surface area contributed by atoms with Crippen LogP contribution in [0.25, 0.3) is 0 Å². The molecule has 3 fully saturated rings. The van der Waals surface area contributed by atoms with E-state index in [1.807, 2.05) is 0 Å². The zero-order valence-electron chi connectivity index (χ0n) is 20.9. The lowest BCUT2D eigenvalue weighted by molar-refractivity contribution is -0.144. The van der Waals surface area contributed by atoms with Gasteiger partial charge in [-0.25, -0.2) is 0 Å². The average Bonchev–Trinajstić information content (AvgIpc) is 2.80. The van der Waals surface area contributed by atoms with E-state index >= 15 is 0 Å². The Morgan fingerprint density at radius 3 is 2.39 bits per heavy atom. The molecule has 0 spiro atoms. The van der Waals surface area contributed by atoms with Crippen molar-refractivity contribution in [1.82, 2.24) is 20.0 Å². The number of carbonyl (C=O) groups is 1. The van der Waals surface area contributed by atoms with Crippen LogP contribution in [0.2, 0.25) is 0 Å². The standard InChI is InChI=1S/C27H44N4O2/c1-26(2,3)24-19-23(12-13-27(24,33)28-21-32)29-15-17-30(18-16-29)25-11-7-8-14-31(25)20-22-9-5-4-6-10-22/h4-6,9-10,21,23-25,33H,7-8,11-20H2,1-3H3,(H,28,32). The van der Waals surface area contributed by atoms with Gasteiger partial charge in [-0.3, -0.25) is 19.5 Å². The topological polar surface area (TPSA) is 59.1 Å². The second-order valence-corrected chi connectivity index (χ2v) is 11.5. The first kappa shape index (κ1) is 24.6. The fourth-order valence-electron chi connectivity index (χ4n) is 6.61. The van der Waals surface area contributed by atoms with Gasteiger partial charge in [0.1, 0.15) is 5.72 Å². The number of aliphatic hydroxyl groups is 1. The fourth-order valence-corrected chi connectivity index (χ4v) is 6.61. The average molecular weight is 457 g/mol. The Morgan fingerprint density at radius 2 is 1.73 bits per heavy atom. The molecule has 4 rings (SSSR count). The quantitative estimate of drug-likeness (QED) is 0.508. The Balaban J connectivity index is 1.35. The minimum absolute atomic E-state index is 0.0479. The van der Waals surface area contributed by atoms with Gasteiger partial charge in [-0.05, 0) is 56.0 Å². The molecular formula is C27H44N4O2. The lowest BCUT2D eigenvalue weighted by atomic mass is 9.66. The minimum Gasteiger partial charge on any atom is -0.371 e. The molecule has 4 atom stereocenters. The lowest BCUT2D eigenvalue weighted by Gasteiger charge is -2.52. The predicted molar refractivity (Wildman–Crippen MR) is 132 cm³/mol. The molecule has 1 aromatic rings. The summed E-state index contributed by atoms with van der Waals surface area (Å²) in [4.78, 5) is 19.2. The van der Waals surface area contributed by atoms with Crippen molar-refractivity contribution in [1.29, 1.82) is 0 Å². The summed E-state index contributed by atoms with van der Waals surface area (Å²) in [5.41, 5.74) is 0.263. The van der Waals surface area contributed by atoms with Gasteiger partial charge in [-0.2, -0.15) is 0 Å². The second-order valence-electron chi connectivity index (χ2n) is 11.5. The summed E-state index contributed by atoms with van der Waals surface area (Å²) in [5, 5.41) is 13.9. The van der Waals surface area contributed by atoms with Crippen LogP contribution in [-0.4, -0.2) is 76.9 Å². The molecule has 2 heterocycles. The van der Waals surface area contributed by atoms with E-state index in [2.05, 4.69) is 71.1 Å². The van der Waals surface area contributed by atoms with E-state index in [1.165, 1.54) is 31.4 Å². The summed E-state index contributed by atoms with van der Waals surface area (Å²) < 4.78 is 0. The molecular weight excluding hydrogens is 412 g/mol. The van der Waals surface area contributed by atoms with Gasteiger partial charge in [0.25, 0.3) is 0 Å². The number of hydrogen-bond acceptors (Lipinski definition) is 5. The van der Waals surface area contributed by atoms with Gasteiger partial charge in [-0.1, -0.05) is 51.1 Å². The minimum atomic E-state index is -1.08. The van der Waals surface area contributed by atoms with Crippen LogP contribution in [0.1, 0.15) is 64.9 Å². The molecule has 0 bridgehead atoms. The van der Waals surface area contributed by atoms with Crippen molar-refractivity contribution in [3.05, 3.63) is 35.9 Å². The van der Waals surface area contributed by atoms with Gasteiger partial charge in [-0.15, -0.1) is 0 Å². The molecule has 1 saturated carbocycles. The summed E-state index contributed by atoms with van der Waals surface area (Å²) in [7, 11) is 0. The van der Waals surface area contributed by atoms with Crippen molar-refractivity contribution in [3.63, 3.8) is 0 Å². The van der Waals surface area contributed by atoms with Crippen LogP contribution in [0, 0.1) is 11.3 Å². The first-order valence-corrected chi connectivity index (χ1v) is 13.0. The summed E-state index contributed by atoms with van der Waals surface area (Å²) in [6.45, 7) is 13.2. The molecule has 33 heavy (non-hydrogen) atoms. The van der Waals surface area contributed by atoms with E-state index in [4.69, 9.17) is 0 Å². The van der Waals surface area contributed by atoms with Gasteiger partial charge in [0.2, 0.25) is 6.41 Å². The fraction of sp³-hybridized carbons (Fsp3) is 0.741. The van der Waals surface area contributed by atoms with Crippen LogP contribution in [0.15, 0.2) is 30.3 Å². The Kier molecular flexibility index (Phi) is 7.79. The predicted octanol–water partition coefficient (Wildman–Crippen LogP) is 3.27. The maximum absolute atomic E-state index is 11.2. The zero-order valence-corrected chi connectivity index (χ0v) is 20.9. The van der Waals surface area contributed by atoms with Crippen molar-refractivity contribution in [3.8, 4) is 0 Å². The number of nitrogens with zero attached hydrogens (tertiary/aromatic N) is 3. The number of piperazine rings is 1. The number of piperidine rings is 1. The van der Waals surface area contributed by atoms with Gasteiger partial charge >= 0.3 is 0 Å². The summed E-state index contributed by atoms with van der Waals surface area (Å²) in [5.74, 6) is 0.0479. The molecule has 0 radical (unpaired) electrons. The highest BCUT2D eigenvalue weighted by atomic mass is 16.3. The van der Waals surface area contributed by atoms with Crippen LogP contribution in [0.5, 0.6) is 0 Å². The van der Waals surface area contributed by atoms with Gasteiger partial charge in [0, 0.05) is 44.7 Å². The number of carbonyl (C=O) groups excluding carboxylic acids is 1. The first-order valence-electron chi connectivity index (χ1n) is 13.0. The number of benzene rings is 1. The molecule has 6 nitrogen and oxygen atoms in total. The van der Waals surface area contributed by atoms with Gasteiger partial charge < -0.3 is 10.4 Å². The molecule has 184 valence electrons. The van der Waals surface area contributed by atoms with Crippen molar-refractivity contribution < 1.29 is 9.90 Å². The molecule has 2 aliphatic heterocycles. The summed E-state index contributed by atoms with van der Waals surface area (Å²) in [6.07, 6.45) is 7.63. The van der Waals surface area contributed by atoms with E-state index in [9.17, 15) is 9.90 Å². The highest BCUT2D eigenvalue weighted by Gasteiger charge is 2.48. The third-order valence-corrected chi connectivity index (χ3v) is 8.39. The van der Waals surface area contributed by atoms with Crippen LogP contribution in [0.3, 0.4) is 0 Å². The van der Waals surface area contributed by atoms with Crippen LogP contribution >= 0.6 is 0 Å². The Morgan fingerprint density at radius 1 is 1.03 bits per heavy atom. The number of rotatable bonds is 6. The van der Waals surface area contributed by atoms with E-state index in [0.717, 1.165) is 45.6 Å². The monoisotopic (exact) mass is 456 g/mol. The molecule has 3 aliphatic rings. The third kappa shape index (κ3) is 5.79. The number of nitrogens with one attached hydrogen (secondary N) is 1. The Bertz CT molecular complexity index is 759. The molecule has 4 unspecified atom stereocenters. The van der Waals surface area contributed by atoms with Crippen molar-refractivity contribution in [2.24, 2.45) is 11.3 Å². The number of likely N-dealkylation sites (tertiary alicyclic amines) is 1. The smallest absolute Gasteiger partial charge is 0.209 e. The zero-order chi connectivity index (χ0) is 23.5. The van der Waals surface area contributed by atoms with Crippen molar-refractivity contribution in [2.75, 3.05) is 32.7 Å². The van der Waals surface area contributed by atoms with E-state index < -0.39 is 5.72 Å². The molecule has 0 aromatic heterocycles. The van der Waals surface area contributed by atoms with E-state index in [1.54, 1.807) is 0 Å². The highest BCUT2D eigenvalue weighted by molar-refractivity contribution is 5.47. The van der Waals surface area contributed by atoms with Crippen LogP contribution in [0.4, 0.5) is 0 Å². The van der Waals surface area contributed by atoms with Crippen molar-refractivity contribution in [2.45, 2.75) is 83.8 Å². The second kappa shape index (κ2) is 10.4. The third-order valence-electron chi connectivity index (χ3n) is 8.39. The maximum atomic E-state index is 11.2. The Labute approximate surface area is 200 Å². The van der Waals surface area contributed by atoms with Crippen molar-refractivity contribution >= 4 is 6.41 Å². The van der Waals surface area contributed by atoms with Gasteiger partial charge in [0.15, 0.2) is 0 Å². The maximum Gasteiger partial charge on any atom is 0.209 e. The van der Waals surface area contributed by atoms with Crippen LogP contribution in [-0.2, 0) is 11.3 Å². The van der Waals surface area contributed by atoms with Crippen LogP contribution < -0.4 is 5.32 Å². The molecule has 2 N–H and O–H groups in total. The van der Waals surface area contributed by atoms with E-state index in [-0.39, 0.29) is 11.3 Å². The van der Waals surface area contributed by atoms with Gasteiger partial charge in [0.05, 0.1) is 6.17 Å². The van der Waals surface area contributed by atoms with E-state index in [0.29, 0.717) is 25.0 Å². The normalized spacial score (nSPS) is 33.0. The summed E-state index contributed by atoms with van der Waals surface area (Å²) >= 11 is 0. The highest BCUT2D eigenvalue weighted by Crippen LogP contribution is 2.44. The molecule has 1 amide bonds. The lowest BCUT2D eigenvalue weighted by Crippen LogP contribution is -2.62. The first-order chi connectivity index (χ1) is 15.8. The number of amides is 1.